The van der Waals surface area contributed by atoms with E-state index >= 15 is 0 Å². The van der Waals surface area contributed by atoms with Crippen molar-refractivity contribution < 1.29 is 13.9 Å². The van der Waals surface area contributed by atoms with E-state index in [1.807, 2.05) is 36.4 Å². The van der Waals surface area contributed by atoms with Crippen LogP contribution in [0.5, 0.6) is 5.88 Å². The predicted molar refractivity (Wildman–Crippen MR) is 94.9 cm³/mol. The Balaban J connectivity index is 1.46. The summed E-state index contributed by atoms with van der Waals surface area (Å²) in [6, 6.07) is 13.5. The maximum Gasteiger partial charge on any atom is 0.231 e. The lowest BCUT2D eigenvalue weighted by Crippen LogP contribution is -2.31. The molecule has 0 bridgehead atoms. The summed E-state index contributed by atoms with van der Waals surface area (Å²) >= 11 is 0. The molecule has 0 aliphatic carbocycles. The quantitative estimate of drug-likeness (QED) is 0.613. The molecule has 1 N–H and O–H groups in total. The van der Waals surface area contributed by atoms with Crippen molar-refractivity contribution in [3.05, 3.63) is 48.7 Å². The van der Waals surface area contributed by atoms with Gasteiger partial charge in [0, 0.05) is 17.9 Å². The molecule has 4 aromatic rings. The Morgan fingerprint density at radius 2 is 2.19 bits per heavy atom. The molecule has 0 radical (unpaired) electrons. The number of hydrogen-bond donors (Lipinski definition) is 1. The van der Waals surface area contributed by atoms with Crippen LogP contribution in [0.2, 0.25) is 0 Å². The third-order valence-electron chi connectivity index (χ3n) is 4.53. The SMILES string of the molecule is O=C1CC[C@@H](COc2ccc3ncc(-c4cc5ccccc5o4)n3n2)N1. The lowest BCUT2D eigenvalue weighted by Gasteiger charge is -2.11. The van der Waals surface area contributed by atoms with Crippen LogP contribution >= 0.6 is 0 Å². The molecular weight excluding hydrogens is 332 g/mol. The molecule has 1 aromatic carbocycles. The molecule has 1 atom stereocenters. The van der Waals surface area contributed by atoms with E-state index < -0.39 is 0 Å². The van der Waals surface area contributed by atoms with Crippen molar-refractivity contribution in [3.8, 4) is 17.3 Å². The van der Waals surface area contributed by atoms with E-state index in [0.29, 0.717) is 30.3 Å². The first-order valence-corrected chi connectivity index (χ1v) is 8.52. The number of fused-ring (bicyclic) bond motifs is 2. The van der Waals surface area contributed by atoms with E-state index in [-0.39, 0.29) is 11.9 Å². The molecule has 7 nitrogen and oxygen atoms in total. The number of ether oxygens (including phenoxy) is 1. The third kappa shape index (κ3) is 2.57. The normalized spacial score (nSPS) is 17.1. The van der Waals surface area contributed by atoms with Gasteiger partial charge in [0.2, 0.25) is 11.8 Å². The van der Waals surface area contributed by atoms with Gasteiger partial charge >= 0.3 is 0 Å². The molecule has 0 saturated carbocycles. The monoisotopic (exact) mass is 348 g/mol. The minimum absolute atomic E-state index is 0.0395. The summed E-state index contributed by atoms with van der Waals surface area (Å²) in [7, 11) is 0. The third-order valence-corrected chi connectivity index (χ3v) is 4.53. The van der Waals surface area contributed by atoms with Gasteiger partial charge in [0.05, 0.1) is 12.2 Å². The Morgan fingerprint density at radius 1 is 1.27 bits per heavy atom. The second-order valence-corrected chi connectivity index (χ2v) is 6.35. The number of nitrogens with zero attached hydrogens (tertiary/aromatic N) is 3. The highest BCUT2D eigenvalue weighted by Crippen LogP contribution is 2.28. The van der Waals surface area contributed by atoms with Crippen LogP contribution in [0.1, 0.15) is 12.8 Å². The predicted octanol–water partition coefficient (Wildman–Crippen LogP) is 2.80. The van der Waals surface area contributed by atoms with Crippen LogP contribution in [0.25, 0.3) is 28.1 Å². The number of aromatic nitrogens is 3. The molecule has 26 heavy (non-hydrogen) atoms. The minimum Gasteiger partial charge on any atom is -0.474 e. The second-order valence-electron chi connectivity index (χ2n) is 6.35. The first kappa shape index (κ1) is 14.9. The standard InChI is InChI=1S/C19H16N4O3/c24-18-7-5-13(21-18)11-25-19-8-6-17-20-10-14(23(17)22-19)16-9-12-3-1-2-4-15(12)26-16/h1-4,6,8-10,13H,5,7,11H2,(H,21,24)/t13-/m0/s1. The lowest BCUT2D eigenvalue weighted by molar-refractivity contribution is -0.119. The van der Waals surface area contributed by atoms with Gasteiger partial charge < -0.3 is 14.5 Å². The van der Waals surface area contributed by atoms with Gasteiger partial charge in [-0.15, -0.1) is 5.10 Å². The highest BCUT2D eigenvalue weighted by molar-refractivity contribution is 5.82. The highest BCUT2D eigenvalue weighted by atomic mass is 16.5. The van der Waals surface area contributed by atoms with Crippen molar-refractivity contribution in [2.45, 2.75) is 18.9 Å². The van der Waals surface area contributed by atoms with Crippen molar-refractivity contribution in [2.75, 3.05) is 6.61 Å². The molecule has 1 aliphatic rings. The zero-order valence-electron chi connectivity index (χ0n) is 13.9. The van der Waals surface area contributed by atoms with Crippen molar-refractivity contribution in [1.29, 1.82) is 0 Å². The number of rotatable bonds is 4. The fourth-order valence-corrected chi connectivity index (χ4v) is 3.20. The smallest absolute Gasteiger partial charge is 0.231 e. The van der Waals surface area contributed by atoms with Crippen molar-refractivity contribution in [3.63, 3.8) is 0 Å². The molecule has 1 fully saturated rings. The molecule has 1 amide bonds. The Morgan fingerprint density at radius 3 is 3.04 bits per heavy atom. The summed E-state index contributed by atoms with van der Waals surface area (Å²) in [5, 5.41) is 8.43. The molecule has 1 aliphatic heterocycles. The lowest BCUT2D eigenvalue weighted by atomic mass is 10.2. The molecule has 1 saturated heterocycles. The molecule has 0 unspecified atom stereocenters. The molecule has 4 heterocycles. The summed E-state index contributed by atoms with van der Waals surface area (Å²) in [5.41, 5.74) is 2.29. The Hall–Kier alpha value is -3.35. The number of para-hydroxylation sites is 1. The van der Waals surface area contributed by atoms with E-state index in [4.69, 9.17) is 9.15 Å². The van der Waals surface area contributed by atoms with Crippen LogP contribution < -0.4 is 10.1 Å². The number of benzene rings is 1. The molecule has 0 spiro atoms. The molecule has 5 rings (SSSR count). The summed E-state index contributed by atoms with van der Waals surface area (Å²) in [6.07, 6.45) is 3.08. The van der Waals surface area contributed by atoms with E-state index in [0.717, 1.165) is 23.1 Å². The zero-order chi connectivity index (χ0) is 17.5. The van der Waals surface area contributed by atoms with Gasteiger partial charge in [0.25, 0.3) is 0 Å². The van der Waals surface area contributed by atoms with Gasteiger partial charge in [-0.3, -0.25) is 4.79 Å². The molecule has 7 heteroatoms. The number of nitrogens with one attached hydrogen (secondary N) is 1. The summed E-state index contributed by atoms with van der Waals surface area (Å²) in [5.74, 6) is 1.25. The zero-order valence-corrected chi connectivity index (χ0v) is 13.9. The number of imidazole rings is 1. The maximum absolute atomic E-state index is 11.3. The number of furan rings is 1. The topological polar surface area (TPSA) is 81.7 Å². The molecule has 3 aromatic heterocycles. The summed E-state index contributed by atoms with van der Waals surface area (Å²) in [6.45, 7) is 0.402. The highest BCUT2D eigenvalue weighted by Gasteiger charge is 2.21. The number of carbonyl (C=O) groups is 1. The summed E-state index contributed by atoms with van der Waals surface area (Å²) < 4.78 is 13.4. The average Bonchev–Trinajstić information content (AvgIpc) is 3.36. The van der Waals surface area contributed by atoms with Gasteiger partial charge in [-0.05, 0) is 24.6 Å². The fourth-order valence-electron chi connectivity index (χ4n) is 3.20. The van der Waals surface area contributed by atoms with Gasteiger partial charge in [-0.25, -0.2) is 9.50 Å². The minimum atomic E-state index is 0.0395. The number of carbonyl (C=O) groups excluding carboxylic acids is 1. The van der Waals surface area contributed by atoms with Crippen molar-refractivity contribution in [2.24, 2.45) is 0 Å². The largest absolute Gasteiger partial charge is 0.474 e. The Bertz CT molecular complexity index is 1080. The van der Waals surface area contributed by atoms with Crippen molar-refractivity contribution in [1.82, 2.24) is 19.9 Å². The first-order valence-electron chi connectivity index (χ1n) is 8.52. The van der Waals surface area contributed by atoms with Crippen LogP contribution in [-0.2, 0) is 4.79 Å². The molecular formula is C19H16N4O3. The average molecular weight is 348 g/mol. The van der Waals surface area contributed by atoms with Gasteiger partial charge in [-0.2, -0.15) is 0 Å². The van der Waals surface area contributed by atoms with E-state index in [9.17, 15) is 4.79 Å². The molecule has 130 valence electrons. The number of amides is 1. The van der Waals surface area contributed by atoms with Crippen LogP contribution in [0.3, 0.4) is 0 Å². The second kappa shape index (κ2) is 5.87. The van der Waals surface area contributed by atoms with Crippen molar-refractivity contribution >= 4 is 22.5 Å². The summed E-state index contributed by atoms with van der Waals surface area (Å²) in [4.78, 5) is 15.7. The first-order chi connectivity index (χ1) is 12.8. The van der Waals surface area contributed by atoms with Gasteiger partial charge in [-0.1, -0.05) is 18.2 Å². The van der Waals surface area contributed by atoms with E-state index in [1.165, 1.54) is 0 Å². The maximum atomic E-state index is 11.3. The van der Waals surface area contributed by atoms with Crippen LogP contribution in [0.4, 0.5) is 0 Å². The fraction of sp³-hybridized carbons (Fsp3) is 0.211. The Kier molecular flexibility index (Phi) is 3.38. The van der Waals surface area contributed by atoms with Crippen LogP contribution in [0.15, 0.2) is 53.1 Å². The van der Waals surface area contributed by atoms with Gasteiger partial charge in [0.1, 0.15) is 17.9 Å². The van der Waals surface area contributed by atoms with E-state index in [2.05, 4.69) is 15.4 Å². The van der Waals surface area contributed by atoms with Gasteiger partial charge in [0.15, 0.2) is 11.4 Å². The van der Waals surface area contributed by atoms with E-state index in [1.54, 1.807) is 16.8 Å². The van der Waals surface area contributed by atoms with Crippen LogP contribution in [0, 0.1) is 0 Å². The number of hydrogen-bond acceptors (Lipinski definition) is 5. The van der Waals surface area contributed by atoms with Crippen LogP contribution in [-0.4, -0.2) is 33.2 Å². The Labute approximate surface area is 148 Å².